The minimum absolute atomic E-state index is 0.00398. The van der Waals surface area contributed by atoms with Gasteiger partial charge in [0.15, 0.2) is 0 Å². The second kappa shape index (κ2) is 9.87. The van der Waals surface area contributed by atoms with Gasteiger partial charge in [0.25, 0.3) is 0 Å². The monoisotopic (exact) mass is 316 g/mol. The van der Waals surface area contributed by atoms with Crippen LogP contribution in [0.1, 0.15) is 19.8 Å². The van der Waals surface area contributed by atoms with Gasteiger partial charge >= 0.3 is 12.1 Å². The topological polar surface area (TPSA) is 98.9 Å². The number of ketones is 1. The van der Waals surface area contributed by atoms with Gasteiger partial charge in [-0.2, -0.15) is 0 Å². The van der Waals surface area contributed by atoms with Gasteiger partial charge in [0.1, 0.15) is 18.9 Å². The van der Waals surface area contributed by atoms with Crippen LogP contribution in [0.4, 0.5) is 4.79 Å². The molecule has 0 bridgehead atoms. The molecule has 0 saturated carbocycles. The summed E-state index contributed by atoms with van der Waals surface area (Å²) in [5, 5.41) is 0. The third kappa shape index (κ3) is 7.40. The predicted molar refractivity (Wildman–Crippen MR) is 80.8 cm³/mol. The molecule has 0 aliphatic heterocycles. The molecular weight excluding hydrogens is 296 g/mol. The maximum absolute atomic E-state index is 12.0. The zero-order valence-electron chi connectivity index (χ0n) is 12.2. The van der Waals surface area contributed by atoms with Crippen LogP contribution in [0.15, 0.2) is 12.7 Å². The van der Waals surface area contributed by atoms with Crippen molar-refractivity contribution in [3.63, 3.8) is 0 Å². The number of hydrogen-bond acceptors (Lipinski definition) is 6. The molecule has 0 radical (unpaired) electrons. The molecule has 2 N–H and O–H groups in total. The molecule has 0 fully saturated rings. The summed E-state index contributed by atoms with van der Waals surface area (Å²) in [6.45, 7) is 4.45. The summed E-state index contributed by atoms with van der Waals surface area (Å²) in [5.74, 6) is -0.719. The number of Topliss-reactive ketones (excluding diaryl/α,β-unsaturated/α-hetero) is 1. The maximum atomic E-state index is 12.0. The number of ether oxygens (including phenoxy) is 2. The number of esters is 1. The van der Waals surface area contributed by atoms with Crippen molar-refractivity contribution >= 4 is 35.1 Å². The number of hydrogen-bond donors (Lipinski definition) is 1. The lowest BCUT2D eigenvalue weighted by Crippen LogP contribution is -2.50. The Balaban J connectivity index is 5.12. The average molecular weight is 316 g/mol. The number of thiocarbonyl (C=S) groups is 1. The lowest BCUT2D eigenvalue weighted by atomic mass is 10.1. The van der Waals surface area contributed by atoms with Gasteiger partial charge in [-0.1, -0.05) is 24.9 Å². The van der Waals surface area contributed by atoms with Crippen LogP contribution in [-0.4, -0.2) is 54.0 Å². The van der Waals surface area contributed by atoms with E-state index in [0.717, 1.165) is 4.90 Å². The maximum Gasteiger partial charge on any atom is 0.411 e. The fourth-order valence-electron chi connectivity index (χ4n) is 1.51. The summed E-state index contributed by atoms with van der Waals surface area (Å²) in [7, 11) is 1.20. The second-order valence-electron chi connectivity index (χ2n) is 4.23. The number of nitrogens with zero attached hydrogens (tertiary/aromatic N) is 1. The van der Waals surface area contributed by atoms with Crippen molar-refractivity contribution in [3.8, 4) is 0 Å². The average Bonchev–Trinajstić information content (AvgIpc) is 2.42. The van der Waals surface area contributed by atoms with E-state index in [9.17, 15) is 14.4 Å². The lowest BCUT2D eigenvalue weighted by molar-refractivity contribution is -0.141. The van der Waals surface area contributed by atoms with Crippen molar-refractivity contribution in [2.45, 2.75) is 25.8 Å². The molecule has 7 nitrogen and oxygen atoms in total. The smallest absolute Gasteiger partial charge is 0.411 e. The van der Waals surface area contributed by atoms with E-state index in [1.807, 2.05) is 0 Å². The van der Waals surface area contributed by atoms with E-state index in [0.29, 0.717) is 0 Å². The van der Waals surface area contributed by atoms with Gasteiger partial charge in [0.2, 0.25) is 0 Å². The highest BCUT2D eigenvalue weighted by atomic mass is 32.1. The molecule has 0 rings (SSSR count). The van der Waals surface area contributed by atoms with E-state index >= 15 is 0 Å². The van der Waals surface area contributed by atoms with E-state index in [1.165, 1.54) is 20.1 Å². The highest BCUT2D eigenvalue weighted by Crippen LogP contribution is 2.11. The molecule has 0 spiro atoms. The fourth-order valence-corrected chi connectivity index (χ4v) is 1.76. The van der Waals surface area contributed by atoms with Crippen molar-refractivity contribution in [3.05, 3.63) is 12.7 Å². The number of amides is 1. The van der Waals surface area contributed by atoms with Crippen LogP contribution in [0.3, 0.4) is 0 Å². The van der Waals surface area contributed by atoms with E-state index in [-0.39, 0.29) is 36.8 Å². The molecule has 1 amide bonds. The van der Waals surface area contributed by atoms with Gasteiger partial charge in [0.05, 0.1) is 18.1 Å². The Bertz CT molecular complexity index is 425. The largest absolute Gasteiger partial charge is 0.468 e. The van der Waals surface area contributed by atoms with Gasteiger partial charge in [0, 0.05) is 6.42 Å². The summed E-state index contributed by atoms with van der Waals surface area (Å²) in [4.78, 5) is 35.6. The van der Waals surface area contributed by atoms with Crippen molar-refractivity contribution < 1.29 is 23.9 Å². The highest BCUT2D eigenvalue weighted by molar-refractivity contribution is 7.80. The number of nitrogens with two attached hydrogens (primary N) is 1. The number of rotatable bonds is 9. The molecule has 118 valence electrons. The first-order valence-electron chi connectivity index (χ1n) is 6.23. The van der Waals surface area contributed by atoms with E-state index in [2.05, 4.69) is 11.3 Å². The molecule has 0 aromatic rings. The SMILES string of the molecule is C=CCOC(=O)N(CC(=O)OC)[C@@H](CCC(C)=O)C(N)=S. The van der Waals surface area contributed by atoms with Crippen molar-refractivity contribution in [1.29, 1.82) is 0 Å². The predicted octanol–water partition coefficient (Wildman–Crippen LogP) is 0.808. The Morgan fingerprint density at radius 3 is 2.48 bits per heavy atom. The molecular formula is C13H20N2O5S. The highest BCUT2D eigenvalue weighted by Gasteiger charge is 2.29. The van der Waals surface area contributed by atoms with E-state index < -0.39 is 18.1 Å². The van der Waals surface area contributed by atoms with Crippen LogP contribution in [0, 0.1) is 0 Å². The zero-order valence-corrected chi connectivity index (χ0v) is 13.0. The Kier molecular flexibility index (Phi) is 8.95. The van der Waals surface area contributed by atoms with Crippen LogP contribution >= 0.6 is 12.2 Å². The lowest BCUT2D eigenvalue weighted by Gasteiger charge is -2.29. The molecule has 0 aromatic carbocycles. The zero-order chi connectivity index (χ0) is 16.4. The van der Waals surface area contributed by atoms with E-state index in [4.69, 9.17) is 22.7 Å². The fraction of sp³-hybridized carbons (Fsp3) is 0.538. The second-order valence-corrected chi connectivity index (χ2v) is 4.70. The van der Waals surface area contributed by atoms with Gasteiger partial charge in [-0.25, -0.2) is 4.79 Å². The summed E-state index contributed by atoms with van der Waals surface area (Å²) < 4.78 is 9.43. The Morgan fingerprint density at radius 2 is 2.05 bits per heavy atom. The van der Waals surface area contributed by atoms with Gasteiger partial charge in [-0.05, 0) is 13.3 Å². The Labute approximate surface area is 129 Å². The molecule has 8 heteroatoms. The minimum atomic E-state index is -0.776. The van der Waals surface area contributed by atoms with Gasteiger partial charge in [-0.15, -0.1) is 0 Å². The van der Waals surface area contributed by atoms with Crippen LogP contribution in [0.5, 0.6) is 0 Å². The molecule has 0 aliphatic carbocycles. The van der Waals surface area contributed by atoms with Crippen molar-refractivity contribution in [1.82, 2.24) is 4.90 Å². The third-order valence-electron chi connectivity index (χ3n) is 2.56. The summed E-state index contributed by atoms with van der Waals surface area (Å²) >= 11 is 4.91. The number of carbonyl (C=O) groups is 3. The molecule has 21 heavy (non-hydrogen) atoms. The normalized spacial score (nSPS) is 11.1. The molecule has 0 saturated heterocycles. The quantitative estimate of drug-likeness (QED) is 0.382. The molecule has 1 atom stereocenters. The van der Waals surface area contributed by atoms with Crippen LogP contribution < -0.4 is 5.73 Å². The van der Waals surface area contributed by atoms with Crippen LogP contribution in [-0.2, 0) is 19.1 Å². The Morgan fingerprint density at radius 1 is 1.43 bits per heavy atom. The Hall–Kier alpha value is -1.96. The number of methoxy groups -OCH3 is 1. The first-order valence-corrected chi connectivity index (χ1v) is 6.64. The van der Waals surface area contributed by atoms with Crippen LogP contribution in [0.2, 0.25) is 0 Å². The molecule has 0 aliphatic rings. The number of carbonyl (C=O) groups excluding carboxylic acids is 3. The molecule has 0 heterocycles. The van der Waals surface area contributed by atoms with Crippen LogP contribution in [0.25, 0.3) is 0 Å². The first kappa shape index (κ1) is 19.0. The minimum Gasteiger partial charge on any atom is -0.468 e. The van der Waals surface area contributed by atoms with Gasteiger partial charge < -0.3 is 20.0 Å². The molecule has 0 unspecified atom stereocenters. The summed E-state index contributed by atoms with van der Waals surface area (Å²) in [6.07, 6.45) is 1.00. The van der Waals surface area contributed by atoms with E-state index in [1.54, 1.807) is 0 Å². The molecule has 0 aromatic heterocycles. The third-order valence-corrected chi connectivity index (χ3v) is 2.83. The van der Waals surface area contributed by atoms with Crippen molar-refractivity contribution in [2.75, 3.05) is 20.3 Å². The standard InChI is InChI=1S/C13H20N2O5S/c1-4-7-20-13(18)15(8-11(17)19-3)10(12(14)21)6-5-9(2)16/h4,10H,1,5-8H2,2-3H3,(H2,14,21)/t10-/m0/s1. The van der Waals surface area contributed by atoms with Crippen molar-refractivity contribution in [2.24, 2.45) is 5.73 Å². The summed E-state index contributed by atoms with van der Waals surface area (Å²) in [6, 6.07) is -0.764. The van der Waals surface area contributed by atoms with Gasteiger partial charge in [-0.3, -0.25) is 9.69 Å². The first-order chi connectivity index (χ1) is 9.83. The summed E-state index contributed by atoms with van der Waals surface area (Å²) in [5.41, 5.74) is 5.61.